The molecule has 0 atom stereocenters. The van der Waals surface area contributed by atoms with Gasteiger partial charge in [-0.1, -0.05) is 36.7 Å². The third kappa shape index (κ3) is 3.85. The van der Waals surface area contributed by atoms with Crippen molar-refractivity contribution in [1.29, 1.82) is 0 Å². The number of hydrogen-bond donors (Lipinski definition) is 2. The maximum absolute atomic E-state index is 12.0. The first-order valence-corrected chi connectivity index (χ1v) is 8.82. The van der Waals surface area contributed by atoms with Gasteiger partial charge in [0.25, 0.3) is 5.91 Å². The van der Waals surface area contributed by atoms with E-state index < -0.39 is 5.91 Å². The lowest BCUT2D eigenvalue weighted by Gasteiger charge is -2.10. The fraction of sp³-hybridized carbons (Fsp3) is 0.150. The molecule has 0 fully saturated rings. The molecule has 7 heteroatoms. The summed E-state index contributed by atoms with van der Waals surface area (Å²) in [7, 11) is 0. The first kappa shape index (κ1) is 18.7. The monoisotopic (exact) mass is 382 g/mol. The fourth-order valence-electron chi connectivity index (χ4n) is 2.78. The van der Waals surface area contributed by atoms with E-state index in [1.165, 1.54) is 0 Å². The molecule has 1 aromatic carbocycles. The van der Waals surface area contributed by atoms with Crippen LogP contribution >= 0.6 is 11.6 Å². The lowest BCUT2D eigenvalue weighted by Crippen LogP contribution is -2.12. The molecule has 0 aliphatic rings. The molecule has 0 aliphatic heterocycles. The molecule has 0 radical (unpaired) electrons. The van der Waals surface area contributed by atoms with Crippen molar-refractivity contribution in [3.05, 3.63) is 65.1 Å². The second-order valence-electron chi connectivity index (χ2n) is 6.09. The van der Waals surface area contributed by atoms with Crippen LogP contribution in [-0.4, -0.2) is 21.4 Å². The zero-order chi connectivity index (χ0) is 19.6. The fourth-order valence-corrected chi connectivity index (χ4v) is 3.01. The number of nitrogens with two attached hydrogens (primary N) is 1. The SMILES string of the molecule is CCC(=O)Nc1cc(-n2cc(C(N)=O)c(-c3ccccc3Cl)c2)c(C)cn1. The summed E-state index contributed by atoms with van der Waals surface area (Å²) in [5, 5.41) is 3.27. The van der Waals surface area contributed by atoms with E-state index in [-0.39, 0.29) is 5.91 Å². The van der Waals surface area contributed by atoms with E-state index in [0.29, 0.717) is 28.4 Å². The molecule has 0 saturated heterocycles. The minimum Gasteiger partial charge on any atom is -0.366 e. The molecule has 3 N–H and O–H groups in total. The number of benzene rings is 1. The van der Waals surface area contributed by atoms with Gasteiger partial charge in [-0.25, -0.2) is 4.98 Å². The van der Waals surface area contributed by atoms with Crippen molar-refractivity contribution in [3.63, 3.8) is 0 Å². The summed E-state index contributed by atoms with van der Waals surface area (Å²) in [5.74, 6) is -0.231. The largest absolute Gasteiger partial charge is 0.366 e. The quantitative estimate of drug-likeness (QED) is 0.700. The zero-order valence-corrected chi connectivity index (χ0v) is 15.7. The molecule has 3 rings (SSSR count). The predicted octanol–water partition coefficient (Wildman–Crippen LogP) is 3.95. The van der Waals surface area contributed by atoms with E-state index >= 15 is 0 Å². The van der Waals surface area contributed by atoms with E-state index in [1.807, 2.05) is 25.1 Å². The molecule has 2 amide bonds. The number of halogens is 1. The van der Waals surface area contributed by atoms with Gasteiger partial charge < -0.3 is 15.6 Å². The minimum absolute atomic E-state index is 0.126. The van der Waals surface area contributed by atoms with Crippen molar-refractivity contribution >= 4 is 29.2 Å². The van der Waals surface area contributed by atoms with E-state index in [2.05, 4.69) is 10.3 Å². The number of primary amides is 1. The van der Waals surface area contributed by atoms with Crippen molar-refractivity contribution in [2.75, 3.05) is 5.32 Å². The molecule has 138 valence electrons. The maximum atomic E-state index is 12.0. The molecule has 3 aromatic rings. The Hall–Kier alpha value is -3.12. The number of amides is 2. The Balaban J connectivity index is 2.12. The lowest BCUT2D eigenvalue weighted by molar-refractivity contribution is -0.115. The van der Waals surface area contributed by atoms with E-state index in [0.717, 1.165) is 16.8 Å². The number of nitrogens with one attached hydrogen (secondary N) is 1. The van der Waals surface area contributed by atoms with Crippen LogP contribution in [-0.2, 0) is 4.79 Å². The highest BCUT2D eigenvalue weighted by Gasteiger charge is 2.17. The van der Waals surface area contributed by atoms with Crippen molar-refractivity contribution in [2.45, 2.75) is 20.3 Å². The molecule has 0 aliphatic carbocycles. The average Bonchev–Trinajstić information content (AvgIpc) is 3.08. The zero-order valence-electron chi connectivity index (χ0n) is 15.0. The summed E-state index contributed by atoms with van der Waals surface area (Å²) in [5.41, 5.74) is 8.95. The van der Waals surface area contributed by atoms with E-state index in [1.54, 1.807) is 42.2 Å². The number of hydrogen-bond acceptors (Lipinski definition) is 3. The van der Waals surface area contributed by atoms with Crippen LogP contribution in [0.1, 0.15) is 29.3 Å². The van der Waals surface area contributed by atoms with Crippen molar-refractivity contribution < 1.29 is 9.59 Å². The molecule has 6 nitrogen and oxygen atoms in total. The molecule has 2 aromatic heterocycles. The standard InChI is InChI=1S/C20H19ClN4O2/c1-3-19(26)24-18-8-17(12(2)9-23-18)25-10-14(15(11-25)20(22)27)13-6-4-5-7-16(13)21/h4-11H,3H2,1-2H3,(H2,22,27)(H,23,24,26). The number of carbonyl (C=O) groups is 2. The van der Waals surface area contributed by atoms with Crippen molar-refractivity contribution in [2.24, 2.45) is 5.73 Å². The van der Waals surface area contributed by atoms with Crippen LogP contribution in [0.5, 0.6) is 0 Å². The summed E-state index contributed by atoms with van der Waals surface area (Å²) in [4.78, 5) is 27.9. The van der Waals surface area contributed by atoms with Crippen molar-refractivity contribution in [3.8, 4) is 16.8 Å². The van der Waals surface area contributed by atoms with Gasteiger partial charge in [0.05, 0.1) is 11.3 Å². The van der Waals surface area contributed by atoms with Crippen LogP contribution < -0.4 is 11.1 Å². The number of rotatable bonds is 5. The number of nitrogens with zero attached hydrogens (tertiary/aromatic N) is 2. The van der Waals surface area contributed by atoms with Crippen LogP contribution in [0, 0.1) is 6.92 Å². The Morgan fingerprint density at radius 3 is 2.63 bits per heavy atom. The first-order chi connectivity index (χ1) is 12.9. The van der Waals surface area contributed by atoms with Gasteiger partial charge >= 0.3 is 0 Å². The summed E-state index contributed by atoms with van der Waals surface area (Å²) in [6.07, 6.45) is 5.49. The molecule has 0 unspecified atom stereocenters. The molecule has 0 spiro atoms. The van der Waals surface area contributed by atoms with Crippen LogP contribution in [0.15, 0.2) is 48.9 Å². The summed E-state index contributed by atoms with van der Waals surface area (Å²) < 4.78 is 1.79. The van der Waals surface area contributed by atoms with Gasteiger partial charge in [0, 0.05) is 47.2 Å². The van der Waals surface area contributed by atoms with Gasteiger partial charge in [0.15, 0.2) is 0 Å². The molecular formula is C20H19ClN4O2. The van der Waals surface area contributed by atoms with Gasteiger partial charge in [-0.15, -0.1) is 0 Å². The van der Waals surface area contributed by atoms with E-state index in [9.17, 15) is 9.59 Å². The number of carbonyl (C=O) groups excluding carboxylic acids is 2. The third-order valence-corrected chi connectivity index (χ3v) is 4.53. The Morgan fingerprint density at radius 2 is 1.96 bits per heavy atom. The summed E-state index contributed by atoms with van der Waals surface area (Å²) in [6.45, 7) is 3.66. The molecular weight excluding hydrogens is 364 g/mol. The van der Waals surface area contributed by atoms with Crippen LogP contribution in [0.4, 0.5) is 5.82 Å². The number of aryl methyl sites for hydroxylation is 1. The van der Waals surface area contributed by atoms with Crippen LogP contribution in [0.2, 0.25) is 5.02 Å². The topological polar surface area (TPSA) is 90.0 Å². The summed E-state index contributed by atoms with van der Waals surface area (Å²) >= 11 is 6.30. The van der Waals surface area contributed by atoms with Crippen LogP contribution in [0.25, 0.3) is 16.8 Å². The second kappa shape index (κ2) is 7.63. The summed E-state index contributed by atoms with van der Waals surface area (Å²) in [6, 6.07) is 9.02. The van der Waals surface area contributed by atoms with Gasteiger partial charge in [0.1, 0.15) is 5.82 Å². The Bertz CT molecular complexity index is 1030. The Labute approximate surface area is 162 Å². The normalized spacial score (nSPS) is 10.6. The third-order valence-electron chi connectivity index (χ3n) is 4.20. The molecule has 0 saturated carbocycles. The van der Waals surface area contributed by atoms with E-state index in [4.69, 9.17) is 17.3 Å². The minimum atomic E-state index is -0.546. The van der Waals surface area contributed by atoms with Crippen LogP contribution in [0.3, 0.4) is 0 Å². The number of pyridine rings is 1. The Kier molecular flexibility index (Phi) is 5.28. The highest BCUT2D eigenvalue weighted by Crippen LogP contribution is 2.32. The Morgan fingerprint density at radius 1 is 1.22 bits per heavy atom. The maximum Gasteiger partial charge on any atom is 0.250 e. The van der Waals surface area contributed by atoms with Gasteiger partial charge in [-0.05, 0) is 18.6 Å². The molecule has 27 heavy (non-hydrogen) atoms. The number of aromatic nitrogens is 2. The lowest BCUT2D eigenvalue weighted by atomic mass is 10.0. The first-order valence-electron chi connectivity index (χ1n) is 8.44. The van der Waals surface area contributed by atoms with Crippen molar-refractivity contribution in [1.82, 2.24) is 9.55 Å². The van der Waals surface area contributed by atoms with Gasteiger partial charge in [-0.3, -0.25) is 9.59 Å². The average molecular weight is 383 g/mol. The molecule has 2 heterocycles. The smallest absolute Gasteiger partial charge is 0.250 e. The van der Waals surface area contributed by atoms with Gasteiger partial charge in [-0.2, -0.15) is 0 Å². The highest BCUT2D eigenvalue weighted by molar-refractivity contribution is 6.33. The molecule has 0 bridgehead atoms. The van der Waals surface area contributed by atoms with Gasteiger partial charge in [0.2, 0.25) is 5.91 Å². The number of anilines is 1. The predicted molar refractivity (Wildman–Crippen MR) is 106 cm³/mol. The highest BCUT2D eigenvalue weighted by atomic mass is 35.5. The second-order valence-corrected chi connectivity index (χ2v) is 6.50.